The van der Waals surface area contributed by atoms with Gasteiger partial charge in [-0.3, -0.25) is 9.59 Å². The maximum absolute atomic E-state index is 12.2. The van der Waals surface area contributed by atoms with Crippen LogP contribution in [-0.4, -0.2) is 34.5 Å². The van der Waals surface area contributed by atoms with Crippen molar-refractivity contribution in [2.45, 2.75) is 58.9 Å². The van der Waals surface area contributed by atoms with Crippen molar-refractivity contribution in [2.75, 3.05) is 6.54 Å². The maximum Gasteiger partial charge on any atom is 0.310 e. The van der Waals surface area contributed by atoms with E-state index in [1.54, 1.807) is 0 Å². The van der Waals surface area contributed by atoms with Gasteiger partial charge in [0.25, 0.3) is 0 Å². The Hall–Kier alpha value is -1.06. The van der Waals surface area contributed by atoms with Crippen molar-refractivity contribution in [1.82, 2.24) is 4.90 Å². The first-order chi connectivity index (χ1) is 8.00. The highest BCUT2D eigenvalue weighted by Crippen LogP contribution is 2.34. The minimum absolute atomic E-state index is 0.00102. The Bertz CT molecular complexity index is 293. The Kier molecular flexibility index (Phi) is 4.54. The van der Waals surface area contributed by atoms with Crippen LogP contribution < -0.4 is 0 Å². The molecule has 1 amide bonds. The molecule has 4 nitrogen and oxygen atoms in total. The molecule has 17 heavy (non-hydrogen) atoms. The van der Waals surface area contributed by atoms with Gasteiger partial charge < -0.3 is 10.0 Å². The molecule has 1 N–H and O–H groups in total. The van der Waals surface area contributed by atoms with Gasteiger partial charge in [-0.1, -0.05) is 13.8 Å². The lowest BCUT2D eigenvalue weighted by Gasteiger charge is -2.29. The van der Waals surface area contributed by atoms with Crippen LogP contribution in [0.2, 0.25) is 0 Å². The third-order valence-electron chi connectivity index (χ3n) is 3.95. The summed E-state index contributed by atoms with van der Waals surface area (Å²) in [4.78, 5) is 25.3. The molecule has 0 saturated heterocycles. The highest BCUT2D eigenvalue weighted by Gasteiger charge is 2.40. The lowest BCUT2D eigenvalue weighted by Crippen LogP contribution is -2.40. The summed E-state index contributed by atoms with van der Waals surface area (Å²) in [6.07, 6.45) is 3.29. The number of amides is 1. The lowest BCUT2D eigenvalue weighted by molar-refractivity contribution is -0.154. The van der Waals surface area contributed by atoms with Crippen molar-refractivity contribution in [3.05, 3.63) is 0 Å². The molecule has 0 aromatic carbocycles. The predicted octanol–water partition coefficient (Wildman–Crippen LogP) is 2.28. The number of aliphatic carboxylic acids is 1. The molecular weight excluding hydrogens is 218 g/mol. The van der Waals surface area contributed by atoms with Crippen LogP contribution in [0.25, 0.3) is 0 Å². The lowest BCUT2D eigenvalue weighted by atomic mass is 9.79. The van der Waals surface area contributed by atoms with E-state index in [4.69, 9.17) is 0 Å². The van der Waals surface area contributed by atoms with Crippen molar-refractivity contribution in [3.8, 4) is 0 Å². The molecular formula is C13H23NO3. The van der Waals surface area contributed by atoms with Crippen LogP contribution in [0.1, 0.15) is 52.9 Å². The average Bonchev–Trinajstić information content (AvgIpc) is 3.11. The number of hydrogen-bond donors (Lipinski definition) is 1. The van der Waals surface area contributed by atoms with Crippen molar-refractivity contribution in [3.63, 3.8) is 0 Å². The molecule has 1 fully saturated rings. The van der Waals surface area contributed by atoms with Gasteiger partial charge in [-0.15, -0.1) is 0 Å². The van der Waals surface area contributed by atoms with Gasteiger partial charge in [0.15, 0.2) is 0 Å². The minimum Gasteiger partial charge on any atom is -0.481 e. The Morgan fingerprint density at radius 3 is 2.06 bits per heavy atom. The summed E-state index contributed by atoms with van der Waals surface area (Å²) < 4.78 is 0. The number of hydrogen-bond acceptors (Lipinski definition) is 2. The second-order valence-electron chi connectivity index (χ2n) is 4.88. The van der Waals surface area contributed by atoms with E-state index in [1.165, 1.54) is 0 Å². The summed E-state index contributed by atoms with van der Waals surface area (Å²) in [6, 6.07) is 0.368. The molecule has 0 heterocycles. The van der Waals surface area contributed by atoms with Gasteiger partial charge in [0.1, 0.15) is 0 Å². The van der Waals surface area contributed by atoms with E-state index in [0.717, 1.165) is 12.8 Å². The Labute approximate surface area is 103 Å². The van der Waals surface area contributed by atoms with E-state index in [-0.39, 0.29) is 12.3 Å². The van der Waals surface area contributed by atoms with Gasteiger partial charge in [0.05, 0.1) is 5.41 Å². The molecule has 0 bridgehead atoms. The molecule has 1 aliphatic carbocycles. The molecule has 1 saturated carbocycles. The number of carboxylic acids is 1. The molecule has 0 atom stereocenters. The summed E-state index contributed by atoms with van der Waals surface area (Å²) in [5.41, 5.74) is -0.876. The van der Waals surface area contributed by atoms with E-state index in [1.807, 2.05) is 25.7 Å². The second kappa shape index (κ2) is 5.52. The summed E-state index contributed by atoms with van der Waals surface area (Å²) in [5, 5.41) is 9.31. The number of carbonyl (C=O) groups is 2. The van der Waals surface area contributed by atoms with Gasteiger partial charge in [0.2, 0.25) is 5.91 Å². The highest BCUT2D eigenvalue weighted by molar-refractivity contribution is 5.85. The second-order valence-corrected chi connectivity index (χ2v) is 4.88. The summed E-state index contributed by atoms with van der Waals surface area (Å²) in [7, 11) is 0. The molecule has 0 aliphatic heterocycles. The Morgan fingerprint density at radius 1 is 1.24 bits per heavy atom. The third kappa shape index (κ3) is 2.99. The van der Waals surface area contributed by atoms with Crippen LogP contribution in [0.15, 0.2) is 0 Å². The van der Waals surface area contributed by atoms with Gasteiger partial charge in [-0.25, -0.2) is 0 Å². The van der Waals surface area contributed by atoms with Crippen molar-refractivity contribution in [2.24, 2.45) is 5.41 Å². The van der Waals surface area contributed by atoms with Crippen molar-refractivity contribution < 1.29 is 14.7 Å². The van der Waals surface area contributed by atoms with Crippen LogP contribution >= 0.6 is 0 Å². The van der Waals surface area contributed by atoms with Gasteiger partial charge in [0, 0.05) is 19.0 Å². The highest BCUT2D eigenvalue weighted by atomic mass is 16.4. The fourth-order valence-electron chi connectivity index (χ4n) is 2.29. The van der Waals surface area contributed by atoms with Crippen LogP contribution in [0.3, 0.4) is 0 Å². The molecule has 0 spiro atoms. The molecule has 0 radical (unpaired) electrons. The van der Waals surface area contributed by atoms with Crippen LogP contribution in [0.5, 0.6) is 0 Å². The normalized spacial score (nSPS) is 15.7. The summed E-state index contributed by atoms with van der Waals surface area (Å²) >= 11 is 0. The third-order valence-corrected chi connectivity index (χ3v) is 3.95. The van der Waals surface area contributed by atoms with E-state index in [9.17, 15) is 14.7 Å². The maximum atomic E-state index is 12.2. The molecule has 1 aliphatic rings. The molecule has 98 valence electrons. The van der Waals surface area contributed by atoms with Gasteiger partial charge >= 0.3 is 5.97 Å². The number of carboxylic acid groups (broad SMARTS) is 1. The summed E-state index contributed by atoms with van der Waals surface area (Å²) in [6.45, 7) is 6.33. The number of rotatable bonds is 7. The molecule has 4 heteroatoms. The largest absolute Gasteiger partial charge is 0.481 e. The van der Waals surface area contributed by atoms with Gasteiger partial charge in [-0.2, -0.15) is 0 Å². The first-order valence-corrected chi connectivity index (χ1v) is 6.53. The van der Waals surface area contributed by atoms with E-state index in [0.29, 0.717) is 25.4 Å². The fraction of sp³-hybridized carbons (Fsp3) is 0.846. The van der Waals surface area contributed by atoms with Crippen molar-refractivity contribution in [1.29, 1.82) is 0 Å². The molecule has 0 aromatic heterocycles. The Balaban J connectivity index is 2.72. The zero-order valence-corrected chi connectivity index (χ0v) is 11.0. The van der Waals surface area contributed by atoms with Gasteiger partial charge in [-0.05, 0) is 32.6 Å². The standard InChI is InChI=1S/C13H23NO3/c1-4-13(5-2,12(16)17)9-11(15)14(6-3)10-7-8-10/h10H,4-9H2,1-3H3,(H,16,17). The zero-order valence-electron chi connectivity index (χ0n) is 11.0. The first-order valence-electron chi connectivity index (χ1n) is 6.53. The quantitative estimate of drug-likeness (QED) is 0.744. The smallest absolute Gasteiger partial charge is 0.310 e. The zero-order chi connectivity index (χ0) is 13.1. The van der Waals surface area contributed by atoms with Crippen LogP contribution in [0.4, 0.5) is 0 Å². The first kappa shape index (κ1) is 14.0. The topological polar surface area (TPSA) is 57.6 Å². The summed E-state index contributed by atoms with van der Waals surface area (Å²) in [5.74, 6) is -0.844. The number of nitrogens with zero attached hydrogens (tertiary/aromatic N) is 1. The monoisotopic (exact) mass is 241 g/mol. The van der Waals surface area contributed by atoms with E-state index in [2.05, 4.69) is 0 Å². The van der Waals surface area contributed by atoms with E-state index < -0.39 is 11.4 Å². The van der Waals surface area contributed by atoms with Crippen LogP contribution in [0, 0.1) is 5.41 Å². The van der Waals surface area contributed by atoms with E-state index >= 15 is 0 Å². The van der Waals surface area contributed by atoms with Crippen molar-refractivity contribution >= 4 is 11.9 Å². The molecule has 0 aromatic rings. The molecule has 1 rings (SSSR count). The SMILES string of the molecule is CCN(C(=O)CC(CC)(CC)C(=O)O)C1CC1. The average molecular weight is 241 g/mol. The Morgan fingerprint density at radius 2 is 1.76 bits per heavy atom. The predicted molar refractivity (Wildman–Crippen MR) is 65.7 cm³/mol. The minimum atomic E-state index is -0.876. The van der Waals surface area contributed by atoms with Crippen LogP contribution in [-0.2, 0) is 9.59 Å². The molecule has 0 unspecified atom stereocenters. The number of carbonyl (C=O) groups excluding carboxylic acids is 1. The fourth-order valence-corrected chi connectivity index (χ4v) is 2.29.